The van der Waals surface area contributed by atoms with Crippen LogP contribution in [0.15, 0.2) is 97.1 Å². The second-order valence-corrected chi connectivity index (χ2v) is 10.3. The van der Waals surface area contributed by atoms with E-state index in [-0.39, 0.29) is 11.3 Å². The van der Waals surface area contributed by atoms with Crippen LogP contribution in [0.25, 0.3) is 5.76 Å². The summed E-state index contributed by atoms with van der Waals surface area (Å²) in [6, 6.07) is 23.3. The lowest BCUT2D eigenvalue weighted by Crippen LogP contribution is -2.38. The third kappa shape index (κ3) is 6.90. The first kappa shape index (κ1) is 29.1. The Morgan fingerprint density at radius 2 is 1.57 bits per heavy atom. The molecule has 5 rings (SSSR count). The number of likely N-dealkylation sites (tertiary alicyclic amines) is 1. The van der Waals surface area contributed by atoms with Crippen molar-refractivity contribution in [2.75, 3.05) is 46.0 Å². The normalized spacial score (nSPS) is 18.7. The highest BCUT2D eigenvalue weighted by molar-refractivity contribution is 6.46. The van der Waals surface area contributed by atoms with Crippen LogP contribution < -0.4 is 9.47 Å². The number of aliphatic hydroxyl groups excluding tert-OH is 1. The summed E-state index contributed by atoms with van der Waals surface area (Å²) in [4.78, 5) is 30.6. The number of hydrogen-bond donors (Lipinski definition) is 1. The lowest BCUT2D eigenvalue weighted by atomic mass is 9.95. The maximum absolute atomic E-state index is 13.4. The molecule has 0 aliphatic carbocycles. The van der Waals surface area contributed by atoms with Crippen molar-refractivity contribution in [2.24, 2.45) is 0 Å². The zero-order valence-electron chi connectivity index (χ0n) is 23.6. The number of rotatable bonds is 12. The Bertz CT molecular complexity index is 1400. The Labute approximate surface area is 246 Å². The maximum atomic E-state index is 13.4. The largest absolute Gasteiger partial charge is 0.507 e. The number of hydrogen-bond acceptors (Lipinski definition) is 7. The van der Waals surface area contributed by atoms with E-state index in [0.29, 0.717) is 56.5 Å². The van der Waals surface area contributed by atoms with Crippen LogP contribution in [0, 0.1) is 0 Å². The molecule has 8 nitrogen and oxygen atoms in total. The molecule has 1 atom stereocenters. The van der Waals surface area contributed by atoms with Gasteiger partial charge in [-0.2, -0.15) is 0 Å². The molecule has 2 aliphatic heterocycles. The summed E-state index contributed by atoms with van der Waals surface area (Å²) >= 11 is 0. The van der Waals surface area contributed by atoms with E-state index < -0.39 is 17.7 Å². The number of ketones is 1. The summed E-state index contributed by atoms with van der Waals surface area (Å²) in [7, 11) is 0. The van der Waals surface area contributed by atoms with E-state index in [2.05, 4.69) is 11.5 Å². The smallest absolute Gasteiger partial charge is 0.295 e. The molecule has 0 radical (unpaired) electrons. The summed E-state index contributed by atoms with van der Waals surface area (Å²) in [5.74, 6) is -0.242. The highest BCUT2D eigenvalue weighted by Gasteiger charge is 2.45. The van der Waals surface area contributed by atoms with E-state index in [1.807, 2.05) is 42.5 Å². The maximum Gasteiger partial charge on any atom is 0.295 e. The summed E-state index contributed by atoms with van der Waals surface area (Å²) in [6.45, 7) is 8.70. The molecule has 1 N–H and O–H groups in total. The lowest BCUT2D eigenvalue weighted by Gasteiger charge is -2.29. The van der Waals surface area contributed by atoms with Gasteiger partial charge in [-0.25, -0.2) is 0 Å². The number of carbonyl (C=O) groups is 2. The average molecular weight is 569 g/mol. The van der Waals surface area contributed by atoms with E-state index in [9.17, 15) is 14.7 Å². The van der Waals surface area contributed by atoms with Crippen molar-refractivity contribution in [1.29, 1.82) is 0 Å². The Balaban J connectivity index is 1.39. The van der Waals surface area contributed by atoms with Crippen molar-refractivity contribution in [3.8, 4) is 11.5 Å². The molecule has 0 spiro atoms. The van der Waals surface area contributed by atoms with Crippen LogP contribution in [0.4, 0.5) is 0 Å². The van der Waals surface area contributed by atoms with Gasteiger partial charge in [-0.15, -0.1) is 0 Å². The minimum absolute atomic E-state index is 0.0732. The van der Waals surface area contributed by atoms with Gasteiger partial charge in [0.25, 0.3) is 11.7 Å². The summed E-state index contributed by atoms with van der Waals surface area (Å²) in [5.41, 5.74) is 2.27. The van der Waals surface area contributed by atoms with Gasteiger partial charge in [-0.3, -0.25) is 14.5 Å². The third-order valence-electron chi connectivity index (χ3n) is 7.46. The molecule has 0 saturated carbocycles. The van der Waals surface area contributed by atoms with Crippen molar-refractivity contribution >= 4 is 17.4 Å². The molecule has 1 amide bonds. The van der Waals surface area contributed by atoms with E-state index in [1.54, 1.807) is 47.4 Å². The van der Waals surface area contributed by atoms with Crippen LogP contribution in [0.1, 0.15) is 29.2 Å². The molecular weight excluding hydrogens is 532 g/mol. The van der Waals surface area contributed by atoms with Crippen molar-refractivity contribution in [1.82, 2.24) is 9.80 Å². The van der Waals surface area contributed by atoms with Crippen LogP contribution in [0.2, 0.25) is 0 Å². The zero-order valence-corrected chi connectivity index (χ0v) is 23.6. The first-order valence-electron chi connectivity index (χ1n) is 14.2. The number of carbonyl (C=O) groups excluding carboxylic acids is 2. The second-order valence-electron chi connectivity index (χ2n) is 10.3. The quantitative estimate of drug-likeness (QED) is 0.143. The SMILES string of the molecule is C=CCOc1ccc(C2C(=C(O)c3ccc(OCc4ccccc4)cc3)C(=O)C(=O)N2CCCN2CCOCC2)cc1. The number of benzene rings is 3. The fourth-order valence-corrected chi connectivity index (χ4v) is 5.25. The Hall–Kier alpha value is -4.40. The summed E-state index contributed by atoms with van der Waals surface area (Å²) in [5, 5.41) is 11.4. The highest BCUT2D eigenvalue weighted by Crippen LogP contribution is 2.40. The van der Waals surface area contributed by atoms with Gasteiger partial charge in [0.15, 0.2) is 0 Å². The Morgan fingerprint density at radius 3 is 2.26 bits per heavy atom. The molecule has 0 bridgehead atoms. The van der Waals surface area contributed by atoms with E-state index >= 15 is 0 Å². The topological polar surface area (TPSA) is 88.5 Å². The summed E-state index contributed by atoms with van der Waals surface area (Å²) < 4.78 is 16.9. The number of Topliss-reactive ketones (excluding diaryl/α,β-unsaturated/α-hetero) is 1. The van der Waals surface area contributed by atoms with Crippen molar-refractivity contribution in [3.63, 3.8) is 0 Å². The van der Waals surface area contributed by atoms with Gasteiger partial charge < -0.3 is 24.2 Å². The first-order chi connectivity index (χ1) is 20.5. The van der Waals surface area contributed by atoms with Crippen molar-refractivity contribution in [3.05, 3.63) is 114 Å². The van der Waals surface area contributed by atoms with Crippen LogP contribution in [-0.4, -0.2) is 72.6 Å². The number of morpholine rings is 1. The molecule has 218 valence electrons. The third-order valence-corrected chi connectivity index (χ3v) is 7.46. The molecule has 1 unspecified atom stereocenters. The van der Waals surface area contributed by atoms with Crippen LogP contribution >= 0.6 is 0 Å². The standard InChI is InChI=1S/C34H36N2O6/c1-2-21-41-28-13-9-26(10-14-28)31-30(33(38)34(39)36(31)18-6-17-35-19-22-40-23-20-35)32(37)27-11-15-29(16-12-27)42-24-25-7-4-3-5-8-25/h2-5,7-16,31,37H,1,6,17-24H2. The van der Waals surface area contributed by atoms with Gasteiger partial charge >= 0.3 is 0 Å². The minimum atomic E-state index is -0.725. The molecule has 2 saturated heterocycles. The van der Waals surface area contributed by atoms with Crippen LogP contribution in [-0.2, 0) is 20.9 Å². The highest BCUT2D eigenvalue weighted by atomic mass is 16.5. The van der Waals surface area contributed by atoms with Crippen molar-refractivity contribution in [2.45, 2.75) is 19.1 Å². The average Bonchev–Trinajstić information content (AvgIpc) is 3.29. The molecule has 42 heavy (non-hydrogen) atoms. The molecule has 2 heterocycles. The minimum Gasteiger partial charge on any atom is -0.507 e. The molecule has 0 aromatic heterocycles. The van der Waals surface area contributed by atoms with E-state index in [1.165, 1.54) is 0 Å². The van der Waals surface area contributed by atoms with Gasteiger partial charge in [0.1, 0.15) is 30.5 Å². The molecule has 3 aromatic rings. The van der Waals surface area contributed by atoms with Gasteiger partial charge in [0.2, 0.25) is 0 Å². The number of amides is 1. The fourth-order valence-electron chi connectivity index (χ4n) is 5.25. The Morgan fingerprint density at radius 1 is 0.905 bits per heavy atom. The Kier molecular flexibility index (Phi) is 9.69. The van der Waals surface area contributed by atoms with Gasteiger partial charge in [-0.1, -0.05) is 55.1 Å². The summed E-state index contributed by atoms with van der Waals surface area (Å²) in [6.07, 6.45) is 2.35. The molecule has 2 aliphatic rings. The molecule has 8 heteroatoms. The number of nitrogens with zero attached hydrogens (tertiary/aromatic N) is 2. The fraction of sp³-hybridized carbons (Fsp3) is 0.294. The van der Waals surface area contributed by atoms with Gasteiger partial charge in [-0.05, 0) is 53.9 Å². The molecule has 2 fully saturated rings. The number of aliphatic hydroxyl groups is 1. The monoisotopic (exact) mass is 568 g/mol. The van der Waals surface area contributed by atoms with Crippen molar-refractivity contribution < 1.29 is 28.9 Å². The lowest BCUT2D eigenvalue weighted by molar-refractivity contribution is -0.140. The molecular formula is C34H36N2O6. The van der Waals surface area contributed by atoms with E-state index in [0.717, 1.165) is 30.8 Å². The van der Waals surface area contributed by atoms with E-state index in [4.69, 9.17) is 14.2 Å². The zero-order chi connectivity index (χ0) is 29.3. The van der Waals surface area contributed by atoms with Crippen LogP contribution in [0.5, 0.6) is 11.5 Å². The first-order valence-corrected chi connectivity index (χ1v) is 14.2. The van der Waals surface area contributed by atoms with Gasteiger partial charge in [0, 0.05) is 31.7 Å². The van der Waals surface area contributed by atoms with Crippen LogP contribution in [0.3, 0.4) is 0 Å². The molecule has 3 aromatic carbocycles. The second kappa shape index (κ2) is 14.0. The van der Waals surface area contributed by atoms with Gasteiger partial charge in [0.05, 0.1) is 24.8 Å². The predicted molar refractivity (Wildman–Crippen MR) is 160 cm³/mol. The number of ether oxygens (including phenoxy) is 3. The predicted octanol–water partition coefficient (Wildman–Crippen LogP) is 4.97.